The fourth-order valence-corrected chi connectivity index (χ4v) is 1.07. The molecule has 1 nitrogen and oxygen atoms in total. The maximum Gasteiger partial charge on any atom is 0.117 e. The molecule has 0 aliphatic carbocycles. The minimum Gasteiger partial charge on any atom is -0.605 e. The number of hydrogen-bond donors (Lipinski definition) is 1. The lowest BCUT2D eigenvalue weighted by Gasteiger charge is -1.95. The molecule has 0 heterocycles. The lowest BCUT2D eigenvalue weighted by atomic mass is 10.6. The minimum atomic E-state index is -0.871. The molecule has 6 heavy (non-hydrogen) atoms. The zero-order valence-corrected chi connectivity index (χ0v) is 5.39. The van der Waals surface area contributed by atoms with Crippen molar-refractivity contribution in [3.63, 3.8) is 0 Å². The summed E-state index contributed by atoms with van der Waals surface area (Å²) in [6.45, 7) is 1.98. The standard InChI is InChI=1S/C3H8OS2/c1-2-3-6(4)5/h2-3H2,1H3,(H,4,5). The first-order chi connectivity index (χ1) is 2.77. The molecule has 0 spiro atoms. The fraction of sp³-hybridized carbons (Fsp3) is 1.00. The van der Waals surface area contributed by atoms with Crippen LogP contribution in [0.25, 0.3) is 0 Å². The summed E-state index contributed by atoms with van der Waals surface area (Å²) in [5.74, 6) is 0.711. The summed E-state index contributed by atoms with van der Waals surface area (Å²) in [6, 6.07) is 0. The minimum absolute atomic E-state index is 0.711. The Morgan fingerprint density at radius 1 is 1.83 bits per heavy atom. The van der Waals surface area contributed by atoms with Gasteiger partial charge in [0.25, 0.3) is 0 Å². The van der Waals surface area contributed by atoms with Crippen molar-refractivity contribution in [2.45, 2.75) is 13.3 Å². The molecule has 0 aliphatic rings. The van der Waals surface area contributed by atoms with Gasteiger partial charge in [-0.25, -0.2) is 0 Å². The Balaban J connectivity index is 2.63. The highest BCUT2D eigenvalue weighted by molar-refractivity contribution is 8.63. The molecule has 1 atom stereocenters. The van der Waals surface area contributed by atoms with Crippen LogP contribution in [-0.4, -0.2) is 10.3 Å². The Kier molecular flexibility index (Phi) is 4.26. The van der Waals surface area contributed by atoms with E-state index in [-0.39, 0.29) is 0 Å². The van der Waals surface area contributed by atoms with Crippen LogP contribution in [0.4, 0.5) is 0 Å². The van der Waals surface area contributed by atoms with Gasteiger partial charge in [-0.3, -0.25) is 0 Å². The molecule has 0 N–H and O–H groups in total. The molecule has 0 radical (unpaired) electrons. The molecule has 0 amide bonds. The highest BCUT2D eigenvalue weighted by Gasteiger charge is 1.90. The third-order valence-electron chi connectivity index (χ3n) is 0.379. The third-order valence-corrected chi connectivity index (χ3v) is 1.68. The van der Waals surface area contributed by atoms with Gasteiger partial charge >= 0.3 is 0 Å². The van der Waals surface area contributed by atoms with Gasteiger partial charge in [-0.05, 0) is 6.42 Å². The van der Waals surface area contributed by atoms with Crippen LogP contribution in [0.5, 0.6) is 0 Å². The molecule has 0 fully saturated rings. The van der Waals surface area contributed by atoms with Crippen LogP contribution >= 0.6 is 11.7 Å². The molecule has 0 aromatic rings. The zero-order valence-electron chi connectivity index (χ0n) is 3.68. The average molecular weight is 124 g/mol. The van der Waals surface area contributed by atoms with Crippen LogP contribution in [-0.2, 0) is 10.2 Å². The van der Waals surface area contributed by atoms with Crippen LogP contribution in [0.2, 0.25) is 0 Å². The Bertz CT molecular complexity index is 30.0. The van der Waals surface area contributed by atoms with Crippen LogP contribution in [0.15, 0.2) is 0 Å². The van der Waals surface area contributed by atoms with E-state index in [4.69, 9.17) is 0 Å². The molecular weight excluding hydrogens is 116 g/mol. The number of thiol groups is 1. The third kappa shape index (κ3) is 4.66. The van der Waals surface area contributed by atoms with Crippen molar-refractivity contribution in [1.82, 2.24) is 0 Å². The molecule has 1 unspecified atom stereocenters. The Morgan fingerprint density at radius 2 is 2.33 bits per heavy atom. The fourth-order valence-electron chi connectivity index (χ4n) is 0.175. The van der Waals surface area contributed by atoms with E-state index in [1.807, 2.05) is 6.92 Å². The first kappa shape index (κ1) is 6.66. The van der Waals surface area contributed by atoms with Crippen molar-refractivity contribution >= 4 is 21.9 Å². The van der Waals surface area contributed by atoms with E-state index in [1.54, 1.807) is 0 Å². The summed E-state index contributed by atoms with van der Waals surface area (Å²) in [7, 11) is -0.871. The van der Waals surface area contributed by atoms with Gasteiger partial charge in [-0.2, -0.15) is 0 Å². The van der Waals surface area contributed by atoms with Crippen LogP contribution < -0.4 is 0 Å². The Morgan fingerprint density at radius 3 is 2.33 bits per heavy atom. The highest BCUT2D eigenvalue weighted by atomic mass is 33.1. The number of hydrogen-bond acceptors (Lipinski definition) is 2. The molecule has 0 saturated carbocycles. The Hall–Kier alpha value is 0.660. The normalized spacial score (nSPS) is 14.5. The quantitative estimate of drug-likeness (QED) is 0.331. The van der Waals surface area contributed by atoms with Gasteiger partial charge in [0.15, 0.2) is 0 Å². The summed E-state index contributed by atoms with van der Waals surface area (Å²) in [6.07, 6.45) is 0.954. The highest BCUT2D eigenvalue weighted by Crippen LogP contribution is 1.95. The second-order valence-corrected chi connectivity index (χ2v) is 3.30. The monoisotopic (exact) mass is 124 g/mol. The summed E-state index contributed by atoms with van der Waals surface area (Å²) < 4.78 is 10.0. The van der Waals surface area contributed by atoms with Gasteiger partial charge < -0.3 is 4.55 Å². The van der Waals surface area contributed by atoms with Gasteiger partial charge in [0, 0.05) is 10.2 Å². The van der Waals surface area contributed by atoms with Gasteiger partial charge in [0.05, 0.1) is 11.7 Å². The second-order valence-electron chi connectivity index (χ2n) is 1.03. The molecule has 3 heteroatoms. The van der Waals surface area contributed by atoms with E-state index in [2.05, 4.69) is 11.7 Å². The van der Waals surface area contributed by atoms with Crippen molar-refractivity contribution < 1.29 is 4.55 Å². The molecule has 0 bridgehead atoms. The van der Waals surface area contributed by atoms with Crippen LogP contribution in [0.1, 0.15) is 13.3 Å². The van der Waals surface area contributed by atoms with Gasteiger partial charge in [-0.1, -0.05) is 6.92 Å². The maximum atomic E-state index is 10.0. The van der Waals surface area contributed by atoms with Crippen molar-refractivity contribution in [2.75, 3.05) is 5.75 Å². The largest absolute Gasteiger partial charge is 0.605 e. The lowest BCUT2D eigenvalue weighted by molar-refractivity contribution is 0.608. The smallest absolute Gasteiger partial charge is 0.117 e. The van der Waals surface area contributed by atoms with E-state index < -0.39 is 10.2 Å². The average Bonchev–Trinajstić information content (AvgIpc) is 1.35. The predicted octanol–water partition coefficient (Wildman–Crippen LogP) is 0.990. The lowest BCUT2D eigenvalue weighted by Crippen LogP contribution is -1.93. The maximum absolute atomic E-state index is 10.0. The molecule has 0 aromatic heterocycles. The van der Waals surface area contributed by atoms with Gasteiger partial charge in [-0.15, -0.1) is 0 Å². The van der Waals surface area contributed by atoms with Gasteiger partial charge in [0.1, 0.15) is 5.75 Å². The molecule has 0 aromatic carbocycles. The molecule has 0 saturated heterocycles. The predicted molar refractivity (Wildman–Crippen MR) is 32.3 cm³/mol. The van der Waals surface area contributed by atoms with E-state index in [9.17, 15) is 4.55 Å². The molecule has 0 aliphatic heterocycles. The first-order valence-electron chi connectivity index (χ1n) is 1.85. The van der Waals surface area contributed by atoms with Crippen LogP contribution in [0.3, 0.4) is 0 Å². The van der Waals surface area contributed by atoms with E-state index in [0.717, 1.165) is 6.42 Å². The summed E-state index contributed by atoms with van der Waals surface area (Å²) in [5, 5.41) is 0. The van der Waals surface area contributed by atoms with Crippen molar-refractivity contribution in [2.24, 2.45) is 0 Å². The molecule has 0 rings (SSSR count). The van der Waals surface area contributed by atoms with Crippen molar-refractivity contribution in [3.05, 3.63) is 0 Å². The SMILES string of the molecule is CCC[S+]([O-])S. The van der Waals surface area contributed by atoms with E-state index >= 15 is 0 Å². The number of rotatable bonds is 2. The van der Waals surface area contributed by atoms with Gasteiger partial charge in [0.2, 0.25) is 0 Å². The summed E-state index contributed by atoms with van der Waals surface area (Å²) >= 11 is 3.65. The zero-order chi connectivity index (χ0) is 4.99. The summed E-state index contributed by atoms with van der Waals surface area (Å²) in [5.41, 5.74) is 0. The Labute approximate surface area is 46.1 Å². The van der Waals surface area contributed by atoms with Crippen molar-refractivity contribution in [1.29, 1.82) is 0 Å². The summed E-state index contributed by atoms with van der Waals surface area (Å²) in [4.78, 5) is 0. The van der Waals surface area contributed by atoms with E-state index in [0.29, 0.717) is 5.75 Å². The van der Waals surface area contributed by atoms with Crippen LogP contribution in [0, 0.1) is 0 Å². The molecular formula is C3H8OS2. The second kappa shape index (κ2) is 3.84. The van der Waals surface area contributed by atoms with E-state index in [1.165, 1.54) is 0 Å². The topological polar surface area (TPSA) is 23.1 Å². The molecule has 38 valence electrons. The first-order valence-corrected chi connectivity index (χ1v) is 4.22. The van der Waals surface area contributed by atoms with Crippen molar-refractivity contribution in [3.8, 4) is 0 Å².